The van der Waals surface area contributed by atoms with Crippen LogP contribution in [0.4, 0.5) is 10.5 Å². The zero-order chi connectivity index (χ0) is 17.8. The lowest BCUT2D eigenvalue weighted by molar-refractivity contribution is -0.126. The van der Waals surface area contributed by atoms with E-state index in [0.29, 0.717) is 19.6 Å². The molecule has 25 heavy (non-hydrogen) atoms. The van der Waals surface area contributed by atoms with E-state index in [1.165, 1.54) is 0 Å². The van der Waals surface area contributed by atoms with Crippen LogP contribution in [0.1, 0.15) is 26.7 Å². The average molecular weight is 342 g/mol. The molecule has 1 atom stereocenters. The highest BCUT2D eigenvalue weighted by Crippen LogP contribution is 2.22. The molecule has 1 fully saturated rings. The van der Waals surface area contributed by atoms with E-state index < -0.39 is 0 Å². The maximum Gasteiger partial charge on any atom is 0.321 e. The van der Waals surface area contributed by atoms with Gasteiger partial charge in [-0.3, -0.25) is 4.79 Å². The number of amides is 3. The monoisotopic (exact) mass is 342 g/mol. The molecule has 1 saturated heterocycles. The van der Waals surface area contributed by atoms with Crippen LogP contribution in [0.5, 0.6) is 0 Å². The second-order valence-corrected chi connectivity index (χ2v) is 6.49. The molecule has 2 heterocycles. The first-order valence-corrected chi connectivity index (χ1v) is 9.05. The van der Waals surface area contributed by atoms with Gasteiger partial charge in [-0.1, -0.05) is 6.07 Å². The first-order chi connectivity index (χ1) is 12.1. The smallest absolute Gasteiger partial charge is 0.321 e. The zero-order valence-corrected chi connectivity index (χ0v) is 14.9. The fourth-order valence-electron chi connectivity index (χ4n) is 3.43. The standard InChI is InChI=1S/C19H26N4O2/c1-3-20-18(24)15-6-5-10-23(13-15)19(25)21-16-8-7-14-9-11-22(4-2)17(14)12-16/h7-9,11-12,15H,3-6,10,13H2,1-2H3,(H,20,24)(H,21,25). The summed E-state index contributed by atoms with van der Waals surface area (Å²) in [6.45, 7) is 6.69. The number of hydrogen-bond acceptors (Lipinski definition) is 2. The van der Waals surface area contributed by atoms with Crippen molar-refractivity contribution < 1.29 is 9.59 Å². The van der Waals surface area contributed by atoms with Crippen molar-refractivity contribution in [1.82, 2.24) is 14.8 Å². The summed E-state index contributed by atoms with van der Waals surface area (Å²) in [6, 6.07) is 7.88. The van der Waals surface area contributed by atoms with Crippen molar-refractivity contribution in [2.75, 3.05) is 25.0 Å². The van der Waals surface area contributed by atoms with Gasteiger partial charge in [0.1, 0.15) is 0 Å². The van der Waals surface area contributed by atoms with Crippen molar-refractivity contribution >= 4 is 28.5 Å². The van der Waals surface area contributed by atoms with E-state index in [2.05, 4.69) is 34.4 Å². The van der Waals surface area contributed by atoms with Crippen LogP contribution in [0, 0.1) is 5.92 Å². The van der Waals surface area contributed by atoms with Gasteiger partial charge in [0.05, 0.1) is 11.4 Å². The van der Waals surface area contributed by atoms with E-state index in [4.69, 9.17) is 0 Å². The highest BCUT2D eigenvalue weighted by molar-refractivity contribution is 5.93. The van der Waals surface area contributed by atoms with E-state index in [9.17, 15) is 9.59 Å². The summed E-state index contributed by atoms with van der Waals surface area (Å²) >= 11 is 0. The van der Waals surface area contributed by atoms with Gasteiger partial charge in [0.2, 0.25) is 5.91 Å². The van der Waals surface area contributed by atoms with Crippen molar-refractivity contribution in [2.24, 2.45) is 5.92 Å². The van der Waals surface area contributed by atoms with E-state index in [-0.39, 0.29) is 17.9 Å². The Balaban J connectivity index is 1.68. The number of carbonyl (C=O) groups is 2. The lowest BCUT2D eigenvalue weighted by Gasteiger charge is -2.32. The van der Waals surface area contributed by atoms with E-state index >= 15 is 0 Å². The number of fused-ring (bicyclic) bond motifs is 1. The minimum atomic E-state index is -0.136. The van der Waals surface area contributed by atoms with Crippen LogP contribution in [-0.2, 0) is 11.3 Å². The largest absolute Gasteiger partial charge is 0.356 e. The fraction of sp³-hybridized carbons (Fsp3) is 0.474. The van der Waals surface area contributed by atoms with Gasteiger partial charge in [-0.05, 0) is 50.3 Å². The number of nitrogens with zero attached hydrogens (tertiary/aromatic N) is 2. The maximum atomic E-state index is 12.6. The van der Waals surface area contributed by atoms with Crippen molar-refractivity contribution in [3.8, 4) is 0 Å². The van der Waals surface area contributed by atoms with Crippen LogP contribution in [0.25, 0.3) is 10.9 Å². The number of anilines is 1. The van der Waals surface area contributed by atoms with E-state index in [0.717, 1.165) is 36.0 Å². The highest BCUT2D eigenvalue weighted by Gasteiger charge is 2.28. The molecule has 0 saturated carbocycles. The van der Waals surface area contributed by atoms with Gasteiger partial charge in [-0.25, -0.2) is 4.79 Å². The molecule has 134 valence electrons. The fourth-order valence-corrected chi connectivity index (χ4v) is 3.43. The summed E-state index contributed by atoms with van der Waals surface area (Å²) in [7, 11) is 0. The lowest BCUT2D eigenvalue weighted by Crippen LogP contribution is -2.46. The summed E-state index contributed by atoms with van der Waals surface area (Å²) < 4.78 is 2.15. The van der Waals surface area contributed by atoms with Crippen LogP contribution in [0.3, 0.4) is 0 Å². The summed E-state index contributed by atoms with van der Waals surface area (Å²) in [4.78, 5) is 26.4. The minimum absolute atomic E-state index is 0.0437. The van der Waals surface area contributed by atoms with Gasteiger partial charge in [0, 0.05) is 38.1 Å². The first kappa shape index (κ1) is 17.3. The number of nitrogens with one attached hydrogen (secondary N) is 2. The molecule has 3 amide bonds. The Morgan fingerprint density at radius 1 is 1.24 bits per heavy atom. The van der Waals surface area contributed by atoms with E-state index in [1.807, 2.05) is 25.1 Å². The lowest BCUT2D eigenvalue weighted by atomic mass is 9.97. The average Bonchev–Trinajstić information content (AvgIpc) is 3.04. The Morgan fingerprint density at radius 3 is 2.84 bits per heavy atom. The molecular formula is C19H26N4O2. The molecule has 0 spiro atoms. The van der Waals surface area contributed by atoms with Gasteiger partial charge >= 0.3 is 6.03 Å². The van der Waals surface area contributed by atoms with Gasteiger partial charge in [0.15, 0.2) is 0 Å². The molecule has 1 aliphatic rings. The number of benzene rings is 1. The second-order valence-electron chi connectivity index (χ2n) is 6.49. The molecule has 1 aliphatic heterocycles. The topological polar surface area (TPSA) is 66.4 Å². The van der Waals surface area contributed by atoms with Crippen LogP contribution >= 0.6 is 0 Å². The first-order valence-electron chi connectivity index (χ1n) is 9.05. The highest BCUT2D eigenvalue weighted by atomic mass is 16.2. The number of hydrogen-bond donors (Lipinski definition) is 2. The summed E-state index contributed by atoms with van der Waals surface area (Å²) in [5, 5.41) is 6.99. The number of rotatable bonds is 4. The quantitative estimate of drug-likeness (QED) is 0.897. The van der Waals surface area contributed by atoms with Crippen LogP contribution in [0.2, 0.25) is 0 Å². The molecule has 1 unspecified atom stereocenters. The number of carbonyl (C=O) groups excluding carboxylic acids is 2. The van der Waals surface area contributed by atoms with Gasteiger partial charge in [-0.15, -0.1) is 0 Å². The molecule has 0 bridgehead atoms. The predicted octanol–water partition coefficient (Wildman–Crippen LogP) is 3.04. The number of piperidine rings is 1. The molecule has 6 heteroatoms. The van der Waals surface area contributed by atoms with Crippen LogP contribution < -0.4 is 10.6 Å². The van der Waals surface area contributed by atoms with Crippen molar-refractivity contribution in [3.63, 3.8) is 0 Å². The third-order valence-electron chi connectivity index (χ3n) is 4.80. The summed E-state index contributed by atoms with van der Waals surface area (Å²) in [5.41, 5.74) is 1.89. The second kappa shape index (κ2) is 7.59. The molecule has 2 N–H and O–H groups in total. The number of likely N-dealkylation sites (tertiary alicyclic amines) is 1. The molecule has 3 rings (SSSR count). The van der Waals surface area contributed by atoms with Crippen molar-refractivity contribution in [2.45, 2.75) is 33.2 Å². The molecule has 2 aromatic rings. The normalized spacial score (nSPS) is 17.5. The maximum absolute atomic E-state index is 12.6. The minimum Gasteiger partial charge on any atom is -0.356 e. The molecule has 1 aromatic heterocycles. The number of urea groups is 1. The van der Waals surface area contributed by atoms with Gasteiger partial charge in [-0.2, -0.15) is 0 Å². The SMILES string of the molecule is CCNC(=O)C1CCCN(C(=O)Nc2ccc3ccn(CC)c3c2)C1. The Hall–Kier alpha value is -2.50. The molecule has 6 nitrogen and oxygen atoms in total. The van der Waals surface area contributed by atoms with Gasteiger partial charge in [0.25, 0.3) is 0 Å². The predicted molar refractivity (Wildman–Crippen MR) is 99.6 cm³/mol. The Bertz CT molecular complexity index is 768. The molecule has 1 aromatic carbocycles. The third-order valence-corrected chi connectivity index (χ3v) is 4.80. The number of aromatic nitrogens is 1. The Morgan fingerprint density at radius 2 is 2.08 bits per heavy atom. The molecular weight excluding hydrogens is 316 g/mol. The zero-order valence-electron chi connectivity index (χ0n) is 14.9. The van der Waals surface area contributed by atoms with E-state index in [1.54, 1.807) is 4.90 Å². The molecule has 0 radical (unpaired) electrons. The van der Waals surface area contributed by atoms with Crippen molar-refractivity contribution in [1.29, 1.82) is 0 Å². The summed E-state index contributed by atoms with van der Waals surface area (Å²) in [5.74, 6) is -0.0681. The third kappa shape index (κ3) is 3.78. The Kier molecular flexibility index (Phi) is 5.26. The number of aryl methyl sites for hydroxylation is 1. The van der Waals surface area contributed by atoms with Crippen molar-refractivity contribution in [3.05, 3.63) is 30.5 Å². The van der Waals surface area contributed by atoms with Crippen LogP contribution in [-0.4, -0.2) is 41.0 Å². The van der Waals surface area contributed by atoms with Crippen LogP contribution in [0.15, 0.2) is 30.5 Å². The summed E-state index contributed by atoms with van der Waals surface area (Å²) in [6.07, 6.45) is 3.75. The Labute approximate surface area is 148 Å². The van der Waals surface area contributed by atoms with Gasteiger partial charge < -0.3 is 20.1 Å². The molecule has 0 aliphatic carbocycles.